The van der Waals surface area contributed by atoms with Gasteiger partial charge in [0.2, 0.25) is 0 Å². The van der Waals surface area contributed by atoms with Crippen LogP contribution in [0.25, 0.3) is 0 Å². The lowest BCUT2D eigenvalue weighted by Gasteiger charge is -2.20. The number of nitrogens with one attached hydrogen (secondary N) is 1. The zero-order valence-electron chi connectivity index (χ0n) is 10.2. The summed E-state index contributed by atoms with van der Waals surface area (Å²) in [6, 6.07) is 4.67. The molecule has 0 fully saturated rings. The molecule has 2 atom stereocenters. The highest BCUT2D eigenvalue weighted by Crippen LogP contribution is 2.22. The Hall–Kier alpha value is -1.09. The molecular weight excluding hydrogens is 198 g/mol. The fourth-order valence-electron chi connectivity index (χ4n) is 2.08. The van der Waals surface area contributed by atoms with Crippen molar-refractivity contribution >= 4 is 5.82 Å². The zero-order chi connectivity index (χ0) is 11.5. The summed E-state index contributed by atoms with van der Waals surface area (Å²) in [5.41, 5.74) is 8.35. The van der Waals surface area contributed by atoms with E-state index < -0.39 is 0 Å². The van der Waals surface area contributed by atoms with E-state index in [0.717, 1.165) is 12.2 Å². The Morgan fingerprint density at radius 1 is 1.38 bits per heavy atom. The number of hydrogen-bond donors (Lipinski definition) is 2. The third-order valence-electron chi connectivity index (χ3n) is 3.53. The summed E-state index contributed by atoms with van der Waals surface area (Å²) in [5, 5.41) is 3.43. The van der Waals surface area contributed by atoms with Gasteiger partial charge in [0.25, 0.3) is 0 Å². The summed E-state index contributed by atoms with van der Waals surface area (Å²) in [4.78, 5) is 4.66. The standard InChI is InChI=1S/C13H21N3/c1-9(8-14)10(2)15-13-7-6-11-4-3-5-12(11)16-13/h6-7,9-10H,3-5,8,14H2,1-2H3,(H,15,16). The van der Waals surface area contributed by atoms with Crippen LogP contribution in [0.1, 0.15) is 31.5 Å². The molecule has 2 unspecified atom stereocenters. The van der Waals surface area contributed by atoms with E-state index in [0.29, 0.717) is 18.5 Å². The van der Waals surface area contributed by atoms with Gasteiger partial charge in [-0.2, -0.15) is 0 Å². The van der Waals surface area contributed by atoms with Crippen LogP contribution in [0.4, 0.5) is 5.82 Å². The second-order valence-corrected chi connectivity index (χ2v) is 4.80. The summed E-state index contributed by atoms with van der Waals surface area (Å²) in [7, 11) is 0. The molecule has 16 heavy (non-hydrogen) atoms. The van der Waals surface area contributed by atoms with Gasteiger partial charge in [-0.1, -0.05) is 13.0 Å². The number of fused-ring (bicyclic) bond motifs is 1. The number of hydrogen-bond acceptors (Lipinski definition) is 3. The van der Waals surface area contributed by atoms with E-state index in [1.54, 1.807) is 0 Å². The summed E-state index contributed by atoms with van der Waals surface area (Å²) >= 11 is 0. The normalized spacial score (nSPS) is 17.9. The highest BCUT2D eigenvalue weighted by atomic mass is 15.0. The summed E-state index contributed by atoms with van der Waals surface area (Å²) in [5.74, 6) is 1.46. The Morgan fingerprint density at radius 2 is 2.19 bits per heavy atom. The molecule has 2 rings (SSSR count). The van der Waals surface area contributed by atoms with E-state index in [4.69, 9.17) is 5.73 Å². The summed E-state index contributed by atoms with van der Waals surface area (Å²) in [6.45, 7) is 5.02. The Kier molecular flexibility index (Phi) is 3.44. The van der Waals surface area contributed by atoms with Crippen LogP contribution in [0.3, 0.4) is 0 Å². The highest BCUT2D eigenvalue weighted by Gasteiger charge is 2.14. The van der Waals surface area contributed by atoms with Gasteiger partial charge in [-0.15, -0.1) is 0 Å². The first-order valence-electron chi connectivity index (χ1n) is 6.16. The predicted octanol–water partition coefficient (Wildman–Crippen LogP) is 1.97. The molecule has 3 nitrogen and oxygen atoms in total. The van der Waals surface area contributed by atoms with Gasteiger partial charge in [0.05, 0.1) is 0 Å². The van der Waals surface area contributed by atoms with Crippen LogP contribution in [0.2, 0.25) is 0 Å². The minimum absolute atomic E-state index is 0.372. The Labute approximate surface area is 97.5 Å². The first-order valence-corrected chi connectivity index (χ1v) is 6.16. The molecule has 1 aliphatic rings. The first-order chi connectivity index (χ1) is 7.70. The van der Waals surface area contributed by atoms with Crippen molar-refractivity contribution in [2.24, 2.45) is 11.7 Å². The predicted molar refractivity (Wildman–Crippen MR) is 67.6 cm³/mol. The van der Waals surface area contributed by atoms with Crippen LogP contribution in [0, 0.1) is 5.92 Å². The van der Waals surface area contributed by atoms with Gasteiger partial charge < -0.3 is 11.1 Å². The second kappa shape index (κ2) is 4.83. The van der Waals surface area contributed by atoms with E-state index in [2.05, 4.69) is 36.3 Å². The lowest BCUT2D eigenvalue weighted by Crippen LogP contribution is -2.29. The van der Waals surface area contributed by atoms with Crippen molar-refractivity contribution in [3.05, 3.63) is 23.4 Å². The molecule has 1 aliphatic carbocycles. The highest BCUT2D eigenvalue weighted by molar-refractivity contribution is 5.41. The van der Waals surface area contributed by atoms with Gasteiger partial charge >= 0.3 is 0 Å². The molecule has 0 spiro atoms. The van der Waals surface area contributed by atoms with Crippen molar-refractivity contribution in [3.63, 3.8) is 0 Å². The SMILES string of the molecule is CC(CN)C(C)Nc1ccc2c(n1)CCC2. The van der Waals surface area contributed by atoms with Crippen LogP contribution in [0.15, 0.2) is 12.1 Å². The molecule has 0 saturated heterocycles. The van der Waals surface area contributed by atoms with Gasteiger partial charge in [-0.25, -0.2) is 4.98 Å². The van der Waals surface area contributed by atoms with Gasteiger partial charge in [0.15, 0.2) is 0 Å². The van der Waals surface area contributed by atoms with Crippen molar-refractivity contribution in [1.82, 2.24) is 4.98 Å². The van der Waals surface area contributed by atoms with Crippen LogP contribution >= 0.6 is 0 Å². The lowest BCUT2D eigenvalue weighted by molar-refractivity contribution is 0.520. The molecule has 0 radical (unpaired) electrons. The number of pyridine rings is 1. The quantitative estimate of drug-likeness (QED) is 0.814. The van der Waals surface area contributed by atoms with Gasteiger partial charge in [-0.3, -0.25) is 0 Å². The third kappa shape index (κ3) is 2.35. The van der Waals surface area contributed by atoms with Crippen molar-refractivity contribution in [2.45, 2.75) is 39.2 Å². The average Bonchev–Trinajstić information content (AvgIpc) is 2.75. The minimum Gasteiger partial charge on any atom is -0.367 e. The maximum absolute atomic E-state index is 5.66. The van der Waals surface area contributed by atoms with E-state index in [-0.39, 0.29) is 0 Å². The molecule has 0 bridgehead atoms. The van der Waals surface area contributed by atoms with Gasteiger partial charge in [0, 0.05) is 11.7 Å². The Morgan fingerprint density at radius 3 is 2.94 bits per heavy atom. The minimum atomic E-state index is 0.372. The Balaban J connectivity index is 2.05. The number of nitrogens with two attached hydrogens (primary N) is 1. The van der Waals surface area contributed by atoms with Crippen molar-refractivity contribution in [2.75, 3.05) is 11.9 Å². The van der Waals surface area contributed by atoms with Crippen molar-refractivity contribution < 1.29 is 0 Å². The fraction of sp³-hybridized carbons (Fsp3) is 0.615. The summed E-state index contributed by atoms with van der Waals surface area (Å²) in [6.07, 6.45) is 3.57. The van der Waals surface area contributed by atoms with Crippen molar-refractivity contribution in [1.29, 1.82) is 0 Å². The zero-order valence-corrected chi connectivity index (χ0v) is 10.2. The second-order valence-electron chi connectivity index (χ2n) is 4.80. The Bertz CT molecular complexity index is 362. The lowest BCUT2D eigenvalue weighted by atomic mass is 10.0. The van der Waals surface area contributed by atoms with E-state index in [1.807, 2.05) is 0 Å². The number of rotatable bonds is 4. The molecule has 0 saturated carbocycles. The van der Waals surface area contributed by atoms with Crippen molar-refractivity contribution in [3.8, 4) is 0 Å². The first kappa shape index (κ1) is 11.4. The van der Waals surface area contributed by atoms with E-state index >= 15 is 0 Å². The molecule has 1 heterocycles. The molecule has 3 N–H and O–H groups in total. The third-order valence-corrected chi connectivity index (χ3v) is 3.53. The van der Waals surface area contributed by atoms with E-state index in [9.17, 15) is 0 Å². The average molecular weight is 219 g/mol. The topological polar surface area (TPSA) is 50.9 Å². The number of aromatic nitrogens is 1. The van der Waals surface area contributed by atoms with Crippen LogP contribution in [-0.2, 0) is 12.8 Å². The molecule has 0 aromatic carbocycles. The smallest absolute Gasteiger partial charge is 0.126 e. The fourth-order valence-corrected chi connectivity index (χ4v) is 2.08. The molecular formula is C13H21N3. The maximum Gasteiger partial charge on any atom is 0.126 e. The van der Waals surface area contributed by atoms with E-state index in [1.165, 1.54) is 24.1 Å². The van der Waals surface area contributed by atoms with Crippen LogP contribution in [-0.4, -0.2) is 17.6 Å². The monoisotopic (exact) mass is 219 g/mol. The molecule has 0 amide bonds. The van der Waals surface area contributed by atoms with Gasteiger partial charge in [0.1, 0.15) is 5.82 Å². The largest absolute Gasteiger partial charge is 0.367 e. The molecule has 0 aliphatic heterocycles. The van der Waals surface area contributed by atoms with Crippen LogP contribution < -0.4 is 11.1 Å². The number of anilines is 1. The number of nitrogens with zero attached hydrogens (tertiary/aromatic N) is 1. The van der Waals surface area contributed by atoms with Crippen LogP contribution in [0.5, 0.6) is 0 Å². The molecule has 1 aromatic heterocycles. The molecule has 3 heteroatoms. The molecule has 88 valence electrons. The molecule has 1 aromatic rings. The number of aryl methyl sites for hydroxylation is 2. The maximum atomic E-state index is 5.66. The summed E-state index contributed by atoms with van der Waals surface area (Å²) < 4.78 is 0. The van der Waals surface area contributed by atoms with Gasteiger partial charge in [-0.05, 0) is 50.3 Å².